The number of ether oxygens (including phenoxy) is 2. The standard InChI is InChI=1S/C11H20N2O3/c14-11(12-8-10-2-1-5-16-10)13-9-3-6-15-7-4-9/h9-10H,1-8H2,(H2,12,13,14). The minimum absolute atomic E-state index is 0.0811. The molecule has 2 rings (SSSR count). The van der Waals surface area contributed by atoms with E-state index in [0.717, 1.165) is 45.5 Å². The Kier molecular flexibility index (Phi) is 4.42. The van der Waals surface area contributed by atoms with Gasteiger partial charge in [0.15, 0.2) is 0 Å². The molecule has 0 spiro atoms. The molecule has 0 saturated carbocycles. The van der Waals surface area contributed by atoms with Gasteiger partial charge in [-0.05, 0) is 25.7 Å². The zero-order valence-corrected chi connectivity index (χ0v) is 9.54. The summed E-state index contributed by atoms with van der Waals surface area (Å²) in [5, 5.41) is 5.81. The summed E-state index contributed by atoms with van der Waals surface area (Å²) in [6.07, 6.45) is 4.19. The average molecular weight is 228 g/mol. The van der Waals surface area contributed by atoms with Crippen LogP contribution in [0.5, 0.6) is 0 Å². The average Bonchev–Trinajstić information content (AvgIpc) is 2.81. The van der Waals surface area contributed by atoms with Gasteiger partial charge in [0.05, 0.1) is 6.10 Å². The summed E-state index contributed by atoms with van der Waals surface area (Å²) >= 11 is 0. The molecule has 2 heterocycles. The predicted octanol–water partition coefficient (Wildman–Crippen LogP) is 0.644. The highest BCUT2D eigenvalue weighted by molar-refractivity contribution is 5.74. The van der Waals surface area contributed by atoms with Gasteiger partial charge in [0.2, 0.25) is 0 Å². The monoisotopic (exact) mass is 228 g/mol. The van der Waals surface area contributed by atoms with Crippen LogP contribution in [0.1, 0.15) is 25.7 Å². The molecule has 0 aromatic heterocycles. The number of urea groups is 1. The third kappa shape index (κ3) is 3.64. The van der Waals surface area contributed by atoms with E-state index in [-0.39, 0.29) is 18.2 Å². The lowest BCUT2D eigenvalue weighted by atomic mass is 10.1. The maximum absolute atomic E-state index is 11.5. The molecule has 2 N–H and O–H groups in total. The minimum Gasteiger partial charge on any atom is -0.381 e. The molecule has 0 radical (unpaired) electrons. The van der Waals surface area contributed by atoms with E-state index in [4.69, 9.17) is 9.47 Å². The molecule has 0 bridgehead atoms. The first kappa shape index (κ1) is 11.7. The molecule has 5 nitrogen and oxygen atoms in total. The van der Waals surface area contributed by atoms with Crippen LogP contribution in [0.15, 0.2) is 0 Å². The topological polar surface area (TPSA) is 59.6 Å². The summed E-state index contributed by atoms with van der Waals surface area (Å²) in [5.74, 6) is 0. The normalized spacial score (nSPS) is 26.6. The molecular formula is C11H20N2O3. The molecule has 0 aromatic carbocycles. The molecule has 2 saturated heterocycles. The maximum Gasteiger partial charge on any atom is 0.315 e. The predicted molar refractivity (Wildman–Crippen MR) is 59.3 cm³/mol. The van der Waals surface area contributed by atoms with Gasteiger partial charge in [-0.2, -0.15) is 0 Å². The first-order chi connectivity index (χ1) is 7.84. The zero-order chi connectivity index (χ0) is 11.2. The Labute approximate surface area is 95.9 Å². The Bertz CT molecular complexity index is 223. The second-order valence-corrected chi connectivity index (χ2v) is 4.38. The highest BCUT2D eigenvalue weighted by Crippen LogP contribution is 2.10. The molecule has 2 aliphatic heterocycles. The molecule has 5 heteroatoms. The zero-order valence-electron chi connectivity index (χ0n) is 9.54. The lowest BCUT2D eigenvalue weighted by molar-refractivity contribution is 0.0794. The van der Waals surface area contributed by atoms with Crippen LogP contribution in [-0.2, 0) is 9.47 Å². The number of amides is 2. The van der Waals surface area contributed by atoms with E-state index >= 15 is 0 Å². The van der Waals surface area contributed by atoms with E-state index in [2.05, 4.69) is 10.6 Å². The van der Waals surface area contributed by atoms with Crippen LogP contribution in [0.2, 0.25) is 0 Å². The molecule has 2 fully saturated rings. The third-order valence-electron chi connectivity index (χ3n) is 3.07. The van der Waals surface area contributed by atoms with Crippen molar-refractivity contribution in [3.8, 4) is 0 Å². The van der Waals surface area contributed by atoms with Gasteiger partial charge in [-0.3, -0.25) is 0 Å². The quantitative estimate of drug-likeness (QED) is 0.745. The van der Waals surface area contributed by atoms with Crippen molar-refractivity contribution in [1.82, 2.24) is 10.6 Å². The van der Waals surface area contributed by atoms with Crippen LogP contribution in [-0.4, -0.2) is 44.5 Å². The van der Waals surface area contributed by atoms with Gasteiger partial charge in [-0.1, -0.05) is 0 Å². The number of hydrogen-bond donors (Lipinski definition) is 2. The second kappa shape index (κ2) is 6.06. The fraction of sp³-hybridized carbons (Fsp3) is 0.909. The van der Waals surface area contributed by atoms with Crippen molar-refractivity contribution in [2.45, 2.75) is 37.8 Å². The first-order valence-corrected chi connectivity index (χ1v) is 6.08. The minimum atomic E-state index is -0.0811. The Morgan fingerprint density at radius 2 is 2.00 bits per heavy atom. The van der Waals surface area contributed by atoms with Gasteiger partial charge in [-0.15, -0.1) is 0 Å². The molecule has 1 unspecified atom stereocenters. The highest BCUT2D eigenvalue weighted by atomic mass is 16.5. The first-order valence-electron chi connectivity index (χ1n) is 6.08. The van der Waals surface area contributed by atoms with Crippen LogP contribution < -0.4 is 10.6 Å². The lowest BCUT2D eigenvalue weighted by Gasteiger charge is -2.23. The number of hydrogen-bond acceptors (Lipinski definition) is 3. The van der Waals surface area contributed by atoms with E-state index in [1.807, 2.05) is 0 Å². The summed E-state index contributed by atoms with van der Waals surface area (Å²) in [5.41, 5.74) is 0. The van der Waals surface area contributed by atoms with Gasteiger partial charge in [-0.25, -0.2) is 4.79 Å². The van der Waals surface area contributed by atoms with E-state index in [1.54, 1.807) is 0 Å². The van der Waals surface area contributed by atoms with Gasteiger partial charge < -0.3 is 20.1 Å². The van der Waals surface area contributed by atoms with Crippen molar-refractivity contribution in [2.24, 2.45) is 0 Å². The number of nitrogens with one attached hydrogen (secondary N) is 2. The van der Waals surface area contributed by atoms with Crippen molar-refractivity contribution in [3.63, 3.8) is 0 Å². The Morgan fingerprint density at radius 3 is 2.69 bits per heavy atom. The number of rotatable bonds is 3. The molecular weight excluding hydrogens is 208 g/mol. The van der Waals surface area contributed by atoms with Crippen LogP contribution in [0, 0.1) is 0 Å². The lowest BCUT2D eigenvalue weighted by Crippen LogP contribution is -2.46. The Hall–Kier alpha value is -0.810. The molecule has 16 heavy (non-hydrogen) atoms. The smallest absolute Gasteiger partial charge is 0.315 e. The van der Waals surface area contributed by atoms with Crippen molar-refractivity contribution in [3.05, 3.63) is 0 Å². The van der Waals surface area contributed by atoms with E-state index in [0.29, 0.717) is 6.54 Å². The Morgan fingerprint density at radius 1 is 1.19 bits per heavy atom. The third-order valence-corrected chi connectivity index (χ3v) is 3.07. The molecule has 2 aliphatic rings. The van der Waals surface area contributed by atoms with Crippen LogP contribution in [0.3, 0.4) is 0 Å². The second-order valence-electron chi connectivity index (χ2n) is 4.38. The largest absolute Gasteiger partial charge is 0.381 e. The summed E-state index contributed by atoms with van der Waals surface area (Å²) in [7, 11) is 0. The van der Waals surface area contributed by atoms with E-state index in [9.17, 15) is 4.79 Å². The van der Waals surface area contributed by atoms with E-state index < -0.39 is 0 Å². The summed E-state index contributed by atoms with van der Waals surface area (Å²) in [6.45, 7) is 2.94. The molecule has 92 valence electrons. The van der Waals surface area contributed by atoms with Crippen molar-refractivity contribution >= 4 is 6.03 Å². The van der Waals surface area contributed by atoms with Crippen LogP contribution in [0.4, 0.5) is 4.79 Å². The highest BCUT2D eigenvalue weighted by Gasteiger charge is 2.18. The van der Waals surface area contributed by atoms with Crippen LogP contribution >= 0.6 is 0 Å². The summed E-state index contributed by atoms with van der Waals surface area (Å²) in [6, 6.07) is 0.181. The molecule has 1 atom stereocenters. The summed E-state index contributed by atoms with van der Waals surface area (Å²) < 4.78 is 10.7. The van der Waals surface area contributed by atoms with Crippen molar-refractivity contribution in [2.75, 3.05) is 26.4 Å². The van der Waals surface area contributed by atoms with Gasteiger partial charge >= 0.3 is 6.03 Å². The van der Waals surface area contributed by atoms with Gasteiger partial charge in [0.1, 0.15) is 0 Å². The Balaban J connectivity index is 1.59. The molecule has 2 amide bonds. The summed E-state index contributed by atoms with van der Waals surface area (Å²) in [4.78, 5) is 11.5. The molecule has 0 aromatic rings. The fourth-order valence-electron chi connectivity index (χ4n) is 2.09. The van der Waals surface area contributed by atoms with Crippen molar-refractivity contribution in [1.29, 1.82) is 0 Å². The maximum atomic E-state index is 11.5. The van der Waals surface area contributed by atoms with Crippen molar-refractivity contribution < 1.29 is 14.3 Å². The number of carbonyl (C=O) groups is 1. The fourth-order valence-corrected chi connectivity index (χ4v) is 2.09. The number of carbonyl (C=O) groups excluding carboxylic acids is 1. The van der Waals surface area contributed by atoms with Gasteiger partial charge in [0.25, 0.3) is 0 Å². The molecule has 0 aliphatic carbocycles. The van der Waals surface area contributed by atoms with Crippen LogP contribution in [0.25, 0.3) is 0 Å². The van der Waals surface area contributed by atoms with E-state index in [1.165, 1.54) is 0 Å². The van der Waals surface area contributed by atoms with Gasteiger partial charge in [0, 0.05) is 32.4 Å². The SMILES string of the molecule is O=C(NCC1CCCO1)NC1CCOCC1.